The first kappa shape index (κ1) is 11.7. The van der Waals surface area contributed by atoms with Gasteiger partial charge in [0.1, 0.15) is 5.60 Å². The molecular formula is C7H15ClN2O2. The molecule has 0 aromatic carbocycles. The van der Waals surface area contributed by atoms with Crippen molar-refractivity contribution in [1.29, 1.82) is 0 Å². The second kappa shape index (κ2) is 4.64. The lowest BCUT2D eigenvalue weighted by atomic mass is 9.91. The van der Waals surface area contributed by atoms with E-state index in [2.05, 4.69) is 5.32 Å². The van der Waals surface area contributed by atoms with Crippen molar-refractivity contribution in [2.24, 2.45) is 5.73 Å². The fraction of sp³-hybridized carbons (Fsp3) is 0.857. The first-order valence-corrected chi connectivity index (χ1v) is 3.77. The van der Waals surface area contributed by atoms with Gasteiger partial charge in [-0.25, -0.2) is 0 Å². The molecule has 1 aliphatic heterocycles. The fourth-order valence-corrected chi connectivity index (χ4v) is 1.38. The zero-order chi connectivity index (χ0) is 8.32. The number of halogens is 1. The average Bonchev–Trinajstić information content (AvgIpc) is 2.05. The zero-order valence-corrected chi connectivity index (χ0v) is 7.95. The minimum atomic E-state index is -0.703. The van der Waals surface area contributed by atoms with Crippen molar-refractivity contribution < 1.29 is 9.53 Å². The molecule has 72 valence electrons. The molecule has 0 bridgehead atoms. The Balaban J connectivity index is 0.00000121. The van der Waals surface area contributed by atoms with Crippen molar-refractivity contribution in [3.63, 3.8) is 0 Å². The summed E-state index contributed by atoms with van der Waals surface area (Å²) in [5.41, 5.74) is 4.52. The molecule has 3 N–H and O–H groups in total. The van der Waals surface area contributed by atoms with Gasteiger partial charge in [0.05, 0.1) is 0 Å². The van der Waals surface area contributed by atoms with E-state index in [-0.39, 0.29) is 18.3 Å². The van der Waals surface area contributed by atoms with Crippen molar-refractivity contribution >= 4 is 18.3 Å². The Bertz CT molecular complexity index is 157. The summed E-state index contributed by atoms with van der Waals surface area (Å²) in [5, 5.41) is 3.14. The van der Waals surface area contributed by atoms with Crippen LogP contribution in [0.1, 0.15) is 12.8 Å². The molecule has 0 spiro atoms. The lowest BCUT2D eigenvalue weighted by molar-refractivity contribution is -0.143. The molecular weight excluding hydrogens is 180 g/mol. The number of nitrogens with one attached hydrogen (secondary N) is 1. The zero-order valence-electron chi connectivity index (χ0n) is 7.13. The van der Waals surface area contributed by atoms with Crippen LogP contribution in [0.3, 0.4) is 0 Å². The lowest BCUT2D eigenvalue weighted by Gasteiger charge is -2.32. The standard InChI is InChI=1S/C7H14N2O2.ClH/c1-11-7(6(8)10)2-4-9-5-3-7;/h9H,2-5H2,1H3,(H2,8,10);1H. The number of rotatable bonds is 2. The molecule has 1 fully saturated rings. The number of carbonyl (C=O) groups is 1. The maximum absolute atomic E-state index is 11.0. The van der Waals surface area contributed by atoms with Crippen LogP contribution < -0.4 is 11.1 Å². The van der Waals surface area contributed by atoms with E-state index in [0.29, 0.717) is 12.8 Å². The molecule has 1 rings (SSSR count). The van der Waals surface area contributed by atoms with Crippen LogP contribution in [-0.4, -0.2) is 31.7 Å². The Hall–Kier alpha value is -0.320. The van der Waals surface area contributed by atoms with Crippen LogP contribution in [0.4, 0.5) is 0 Å². The van der Waals surface area contributed by atoms with Crippen LogP contribution in [0.5, 0.6) is 0 Å². The Labute approximate surface area is 78.2 Å². The largest absolute Gasteiger partial charge is 0.368 e. The predicted octanol–water partition coefficient (Wildman–Crippen LogP) is -0.338. The summed E-state index contributed by atoms with van der Waals surface area (Å²) in [4.78, 5) is 11.0. The summed E-state index contributed by atoms with van der Waals surface area (Å²) in [6.45, 7) is 1.60. The SMILES string of the molecule is COC1(C(N)=O)CCNCC1.Cl. The highest BCUT2D eigenvalue weighted by Crippen LogP contribution is 2.21. The molecule has 0 aromatic rings. The number of piperidine rings is 1. The molecule has 5 heteroatoms. The number of nitrogens with two attached hydrogens (primary N) is 1. The van der Waals surface area contributed by atoms with E-state index in [4.69, 9.17) is 10.5 Å². The molecule has 1 saturated heterocycles. The Morgan fingerprint density at radius 1 is 1.50 bits per heavy atom. The summed E-state index contributed by atoms with van der Waals surface area (Å²) in [7, 11) is 1.54. The Morgan fingerprint density at radius 3 is 2.25 bits per heavy atom. The van der Waals surface area contributed by atoms with E-state index in [1.807, 2.05) is 0 Å². The topological polar surface area (TPSA) is 64.3 Å². The van der Waals surface area contributed by atoms with E-state index < -0.39 is 5.60 Å². The molecule has 0 saturated carbocycles. The van der Waals surface area contributed by atoms with Gasteiger partial charge in [-0.3, -0.25) is 4.79 Å². The van der Waals surface area contributed by atoms with Gasteiger partial charge in [0, 0.05) is 7.11 Å². The molecule has 1 amide bonds. The summed E-state index contributed by atoms with van der Waals surface area (Å²) in [5.74, 6) is -0.346. The number of primary amides is 1. The number of hydrogen-bond acceptors (Lipinski definition) is 3. The number of carbonyl (C=O) groups excluding carboxylic acids is 1. The number of amides is 1. The lowest BCUT2D eigenvalue weighted by Crippen LogP contribution is -2.52. The van der Waals surface area contributed by atoms with E-state index in [9.17, 15) is 4.79 Å². The van der Waals surface area contributed by atoms with Gasteiger partial charge in [0.2, 0.25) is 5.91 Å². The van der Waals surface area contributed by atoms with Crippen molar-refractivity contribution in [2.75, 3.05) is 20.2 Å². The van der Waals surface area contributed by atoms with E-state index in [1.165, 1.54) is 7.11 Å². The molecule has 1 aliphatic rings. The van der Waals surface area contributed by atoms with Crippen molar-refractivity contribution in [1.82, 2.24) is 5.32 Å². The van der Waals surface area contributed by atoms with Gasteiger partial charge in [0.25, 0.3) is 0 Å². The summed E-state index contributed by atoms with van der Waals surface area (Å²) in [6.07, 6.45) is 1.36. The first-order chi connectivity index (χ1) is 5.21. The number of ether oxygens (including phenoxy) is 1. The third kappa shape index (κ3) is 2.09. The summed E-state index contributed by atoms with van der Waals surface area (Å²) in [6, 6.07) is 0. The molecule has 4 nitrogen and oxygen atoms in total. The van der Waals surface area contributed by atoms with Crippen LogP contribution in [0.2, 0.25) is 0 Å². The van der Waals surface area contributed by atoms with Gasteiger partial charge >= 0.3 is 0 Å². The van der Waals surface area contributed by atoms with Gasteiger partial charge in [-0.2, -0.15) is 0 Å². The third-order valence-electron chi connectivity index (χ3n) is 2.25. The van der Waals surface area contributed by atoms with Gasteiger partial charge in [-0.1, -0.05) is 0 Å². The third-order valence-corrected chi connectivity index (χ3v) is 2.25. The van der Waals surface area contributed by atoms with Crippen molar-refractivity contribution in [3.05, 3.63) is 0 Å². The predicted molar refractivity (Wildman–Crippen MR) is 48.3 cm³/mol. The minimum Gasteiger partial charge on any atom is -0.368 e. The molecule has 0 atom stereocenters. The quantitative estimate of drug-likeness (QED) is 0.633. The second-order valence-corrected chi connectivity index (χ2v) is 2.81. The fourth-order valence-electron chi connectivity index (χ4n) is 1.38. The van der Waals surface area contributed by atoms with Gasteiger partial charge < -0.3 is 15.8 Å². The molecule has 0 aromatic heterocycles. The van der Waals surface area contributed by atoms with Crippen LogP contribution in [0.15, 0.2) is 0 Å². The van der Waals surface area contributed by atoms with Gasteiger partial charge in [-0.05, 0) is 25.9 Å². The van der Waals surface area contributed by atoms with Crippen molar-refractivity contribution in [3.8, 4) is 0 Å². The van der Waals surface area contributed by atoms with Crippen LogP contribution in [0.25, 0.3) is 0 Å². The maximum Gasteiger partial charge on any atom is 0.249 e. The summed E-state index contributed by atoms with van der Waals surface area (Å²) >= 11 is 0. The molecule has 1 heterocycles. The number of methoxy groups -OCH3 is 1. The first-order valence-electron chi connectivity index (χ1n) is 3.77. The molecule has 0 aliphatic carbocycles. The summed E-state index contributed by atoms with van der Waals surface area (Å²) < 4.78 is 5.13. The highest BCUT2D eigenvalue weighted by molar-refractivity contribution is 5.85. The monoisotopic (exact) mass is 194 g/mol. The molecule has 0 unspecified atom stereocenters. The van der Waals surface area contributed by atoms with Crippen molar-refractivity contribution in [2.45, 2.75) is 18.4 Å². The Kier molecular flexibility index (Phi) is 4.52. The minimum absolute atomic E-state index is 0. The van der Waals surface area contributed by atoms with Gasteiger partial charge in [0.15, 0.2) is 0 Å². The normalized spacial score (nSPS) is 21.1. The van der Waals surface area contributed by atoms with Crippen LogP contribution >= 0.6 is 12.4 Å². The van der Waals surface area contributed by atoms with E-state index in [0.717, 1.165) is 13.1 Å². The smallest absolute Gasteiger partial charge is 0.249 e. The highest BCUT2D eigenvalue weighted by atomic mass is 35.5. The Morgan fingerprint density at radius 2 is 2.00 bits per heavy atom. The highest BCUT2D eigenvalue weighted by Gasteiger charge is 2.37. The van der Waals surface area contributed by atoms with Gasteiger partial charge in [-0.15, -0.1) is 12.4 Å². The number of hydrogen-bond donors (Lipinski definition) is 2. The molecule has 0 radical (unpaired) electrons. The van der Waals surface area contributed by atoms with E-state index in [1.54, 1.807) is 0 Å². The van der Waals surface area contributed by atoms with Crippen LogP contribution in [-0.2, 0) is 9.53 Å². The van der Waals surface area contributed by atoms with Crippen LogP contribution in [0, 0.1) is 0 Å². The molecule has 12 heavy (non-hydrogen) atoms. The van der Waals surface area contributed by atoms with E-state index >= 15 is 0 Å². The second-order valence-electron chi connectivity index (χ2n) is 2.81. The maximum atomic E-state index is 11.0. The average molecular weight is 195 g/mol.